The van der Waals surface area contributed by atoms with Crippen molar-refractivity contribution in [1.29, 1.82) is 0 Å². The smallest absolute Gasteiger partial charge is 0.225 e. The molecular weight excluding hydrogens is 334 g/mol. The summed E-state index contributed by atoms with van der Waals surface area (Å²) in [5, 5.41) is 4.59. The molecule has 2 saturated heterocycles. The molecule has 6 nitrogen and oxygen atoms in total. The van der Waals surface area contributed by atoms with Crippen LogP contribution in [0.15, 0.2) is 12.4 Å². The Bertz CT molecular complexity index is 768. The molecule has 1 unspecified atom stereocenters. The van der Waals surface area contributed by atoms with Crippen LogP contribution in [0.3, 0.4) is 0 Å². The first-order chi connectivity index (χ1) is 12.1. The Morgan fingerprint density at radius 2 is 2.12 bits per heavy atom. The first-order valence-corrected chi connectivity index (χ1v) is 9.93. The van der Waals surface area contributed by atoms with Gasteiger partial charge >= 0.3 is 0 Å². The molecule has 1 atom stereocenters. The lowest BCUT2D eigenvalue weighted by molar-refractivity contribution is -0.130. The fraction of sp³-hybridized carbons (Fsp3) is 0.611. The highest BCUT2D eigenvalue weighted by Crippen LogP contribution is 2.30. The fourth-order valence-corrected chi connectivity index (χ4v) is 4.81. The molecule has 2 aromatic rings. The molecule has 0 saturated carbocycles. The largest absolute Gasteiger partial charge is 0.364 e. The van der Waals surface area contributed by atoms with Gasteiger partial charge in [-0.05, 0) is 45.5 Å². The molecular formula is C18H25N5OS. The second-order valence-electron chi connectivity index (χ2n) is 7.13. The van der Waals surface area contributed by atoms with E-state index in [1.165, 1.54) is 4.88 Å². The number of hydrogen-bond acceptors (Lipinski definition) is 6. The van der Waals surface area contributed by atoms with Crippen LogP contribution in [0.2, 0.25) is 0 Å². The number of hydrogen-bond donors (Lipinski definition) is 1. The number of amides is 1. The van der Waals surface area contributed by atoms with Crippen LogP contribution in [-0.2, 0) is 11.2 Å². The van der Waals surface area contributed by atoms with Crippen LogP contribution in [0.4, 0.5) is 5.82 Å². The molecule has 2 aliphatic rings. The molecule has 0 spiro atoms. The Morgan fingerprint density at radius 1 is 1.32 bits per heavy atom. The minimum Gasteiger partial charge on any atom is -0.364 e. The van der Waals surface area contributed by atoms with Crippen molar-refractivity contribution in [3.05, 3.63) is 17.3 Å². The molecule has 25 heavy (non-hydrogen) atoms. The number of nitrogens with zero attached hydrogens (tertiary/aromatic N) is 4. The van der Waals surface area contributed by atoms with Crippen molar-refractivity contribution in [2.45, 2.75) is 44.7 Å². The minimum absolute atomic E-state index is 0.134. The molecule has 0 radical (unpaired) electrons. The van der Waals surface area contributed by atoms with Crippen LogP contribution in [-0.4, -0.2) is 64.4 Å². The van der Waals surface area contributed by atoms with E-state index in [9.17, 15) is 4.79 Å². The summed E-state index contributed by atoms with van der Waals surface area (Å²) >= 11 is 1.72. The molecule has 2 fully saturated rings. The van der Waals surface area contributed by atoms with Crippen LogP contribution >= 0.6 is 11.3 Å². The summed E-state index contributed by atoms with van der Waals surface area (Å²) in [6.45, 7) is 5.09. The summed E-state index contributed by atoms with van der Waals surface area (Å²) < 4.78 is 0. The summed E-state index contributed by atoms with van der Waals surface area (Å²) in [4.78, 5) is 28.1. The molecule has 134 valence electrons. The molecule has 0 aliphatic carbocycles. The zero-order chi connectivity index (χ0) is 17.4. The molecule has 1 N–H and O–H groups in total. The predicted molar refractivity (Wildman–Crippen MR) is 101 cm³/mol. The van der Waals surface area contributed by atoms with E-state index in [0.717, 1.165) is 54.9 Å². The topological polar surface area (TPSA) is 61.4 Å². The number of carbonyl (C=O) groups is 1. The average Bonchev–Trinajstić information content (AvgIpc) is 3.19. The van der Waals surface area contributed by atoms with Crippen LogP contribution in [0.25, 0.3) is 10.2 Å². The number of nitrogens with one attached hydrogen (secondary N) is 1. The highest BCUT2D eigenvalue weighted by molar-refractivity contribution is 7.18. The van der Waals surface area contributed by atoms with Gasteiger partial charge in [-0.25, -0.2) is 9.97 Å². The van der Waals surface area contributed by atoms with Gasteiger partial charge in [-0.15, -0.1) is 11.3 Å². The van der Waals surface area contributed by atoms with Crippen molar-refractivity contribution in [3.63, 3.8) is 0 Å². The molecule has 0 aromatic carbocycles. The van der Waals surface area contributed by atoms with E-state index in [4.69, 9.17) is 0 Å². The Kier molecular flexibility index (Phi) is 4.60. The minimum atomic E-state index is 0.134. The van der Waals surface area contributed by atoms with E-state index in [0.29, 0.717) is 12.5 Å². The summed E-state index contributed by atoms with van der Waals surface area (Å²) in [5.74, 6) is 1.14. The fourth-order valence-electron chi connectivity index (χ4n) is 3.88. The molecule has 4 rings (SSSR count). The van der Waals surface area contributed by atoms with Gasteiger partial charge in [0.2, 0.25) is 5.91 Å². The van der Waals surface area contributed by atoms with Crippen LogP contribution in [0.5, 0.6) is 0 Å². The van der Waals surface area contributed by atoms with E-state index in [-0.39, 0.29) is 11.9 Å². The van der Waals surface area contributed by atoms with E-state index in [1.54, 1.807) is 17.7 Å². The van der Waals surface area contributed by atoms with Crippen LogP contribution in [0.1, 0.15) is 31.1 Å². The predicted octanol–water partition coefficient (Wildman–Crippen LogP) is 2.36. The van der Waals surface area contributed by atoms with Crippen LogP contribution < -0.4 is 5.32 Å². The Labute approximate surface area is 152 Å². The van der Waals surface area contributed by atoms with E-state index >= 15 is 0 Å². The SMILES string of the molecule is CCc1cc2c(NC3CC(=O)N(C4CCN(C)CC4)C3)ncnc2s1. The first kappa shape index (κ1) is 16.7. The second kappa shape index (κ2) is 6.88. The number of anilines is 1. The molecule has 1 amide bonds. The number of thiophene rings is 1. The Balaban J connectivity index is 1.47. The van der Waals surface area contributed by atoms with Gasteiger partial charge in [-0.3, -0.25) is 4.79 Å². The van der Waals surface area contributed by atoms with Gasteiger partial charge in [0.05, 0.1) is 11.4 Å². The lowest BCUT2D eigenvalue weighted by Gasteiger charge is -2.35. The van der Waals surface area contributed by atoms with Gasteiger partial charge in [-0.2, -0.15) is 0 Å². The van der Waals surface area contributed by atoms with Crippen molar-refractivity contribution in [3.8, 4) is 0 Å². The van der Waals surface area contributed by atoms with Crippen molar-refractivity contribution in [1.82, 2.24) is 19.8 Å². The second-order valence-corrected chi connectivity index (χ2v) is 8.25. The van der Waals surface area contributed by atoms with E-state index < -0.39 is 0 Å². The number of rotatable bonds is 4. The summed E-state index contributed by atoms with van der Waals surface area (Å²) in [5.41, 5.74) is 0. The van der Waals surface area contributed by atoms with Crippen molar-refractivity contribution >= 4 is 33.3 Å². The molecule has 0 bridgehead atoms. The maximum absolute atomic E-state index is 12.5. The lowest BCUT2D eigenvalue weighted by atomic mass is 10.0. The van der Waals surface area contributed by atoms with Crippen molar-refractivity contribution in [2.24, 2.45) is 0 Å². The number of fused-ring (bicyclic) bond motifs is 1. The molecule has 2 aromatic heterocycles. The van der Waals surface area contributed by atoms with Gasteiger partial charge in [0.1, 0.15) is 17.0 Å². The van der Waals surface area contributed by atoms with Gasteiger partial charge in [0, 0.05) is 23.9 Å². The molecule has 2 aliphatic heterocycles. The number of aromatic nitrogens is 2. The quantitative estimate of drug-likeness (QED) is 0.908. The van der Waals surface area contributed by atoms with Crippen LogP contribution in [0, 0.1) is 0 Å². The average molecular weight is 359 g/mol. The van der Waals surface area contributed by atoms with Crippen molar-refractivity contribution in [2.75, 3.05) is 32.0 Å². The monoisotopic (exact) mass is 359 g/mol. The number of aryl methyl sites for hydroxylation is 1. The number of carbonyl (C=O) groups excluding carboxylic acids is 1. The summed E-state index contributed by atoms with van der Waals surface area (Å²) in [6, 6.07) is 2.71. The van der Waals surface area contributed by atoms with Gasteiger partial charge in [0.25, 0.3) is 0 Å². The maximum Gasteiger partial charge on any atom is 0.225 e. The Morgan fingerprint density at radius 3 is 2.88 bits per heavy atom. The summed E-state index contributed by atoms with van der Waals surface area (Å²) in [7, 11) is 2.15. The molecule has 7 heteroatoms. The third kappa shape index (κ3) is 3.35. The number of piperidine rings is 1. The highest BCUT2D eigenvalue weighted by Gasteiger charge is 2.35. The molecule has 4 heterocycles. The number of likely N-dealkylation sites (tertiary alicyclic amines) is 2. The highest BCUT2D eigenvalue weighted by atomic mass is 32.1. The zero-order valence-electron chi connectivity index (χ0n) is 14.9. The van der Waals surface area contributed by atoms with Gasteiger partial charge < -0.3 is 15.1 Å². The van der Waals surface area contributed by atoms with E-state index in [1.807, 2.05) is 0 Å². The van der Waals surface area contributed by atoms with Crippen molar-refractivity contribution < 1.29 is 4.79 Å². The lowest BCUT2D eigenvalue weighted by Crippen LogP contribution is -2.44. The summed E-state index contributed by atoms with van der Waals surface area (Å²) in [6.07, 6.45) is 5.34. The third-order valence-electron chi connectivity index (χ3n) is 5.36. The van der Waals surface area contributed by atoms with Gasteiger partial charge in [-0.1, -0.05) is 6.92 Å². The Hall–Kier alpha value is -1.73. The zero-order valence-corrected chi connectivity index (χ0v) is 15.7. The van der Waals surface area contributed by atoms with E-state index in [2.05, 4.69) is 45.1 Å². The standard InChI is InChI=1S/C18H25N5OS/c1-3-14-9-15-17(19-11-20-18(15)25-14)21-12-8-16(24)23(10-12)13-4-6-22(2)7-5-13/h9,11-13H,3-8,10H2,1-2H3,(H,19,20,21). The van der Waals surface area contributed by atoms with Gasteiger partial charge in [0.15, 0.2) is 0 Å². The normalized spacial score (nSPS) is 22.9. The third-order valence-corrected chi connectivity index (χ3v) is 6.54. The maximum atomic E-state index is 12.5. The first-order valence-electron chi connectivity index (χ1n) is 9.12.